The number of carbonyl (C=O) groups is 3. The van der Waals surface area contributed by atoms with Crippen molar-refractivity contribution in [3.63, 3.8) is 0 Å². The Morgan fingerprint density at radius 3 is 2.35 bits per heavy atom. The van der Waals surface area contributed by atoms with Crippen molar-refractivity contribution in [3.05, 3.63) is 0 Å². The molecule has 6 nitrogen and oxygen atoms in total. The van der Waals surface area contributed by atoms with Crippen molar-refractivity contribution < 1.29 is 19.1 Å². The molecule has 0 radical (unpaired) electrons. The molecule has 1 N–H and O–H groups in total. The van der Waals surface area contributed by atoms with Crippen molar-refractivity contribution in [2.45, 2.75) is 58.6 Å². The topological polar surface area (TPSA) is 75.7 Å². The van der Waals surface area contributed by atoms with Gasteiger partial charge in [-0.05, 0) is 34.1 Å². The maximum absolute atomic E-state index is 11.9. The molecule has 0 atom stereocenters. The van der Waals surface area contributed by atoms with E-state index in [0.717, 1.165) is 4.90 Å². The van der Waals surface area contributed by atoms with Crippen LogP contribution in [0, 0.1) is 0 Å². The normalized spacial score (nSPS) is 16.1. The summed E-state index contributed by atoms with van der Waals surface area (Å²) in [5.41, 5.74) is -0.433. The van der Waals surface area contributed by atoms with Crippen LogP contribution in [0.15, 0.2) is 0 Å². The van der Waals surface area contributed by atoms with Gasteiger partial charge in [-0.2, -0.15) is 0 Å². The molecule has 0 spiro atoms. The molecule has 114 valence electrons. The number of hydrogen-bond acceptors (Lipinski definition) is 4. The zero-order valence-corrected chi connectivity index (χ0v) is 12.7. The highest BCUT2D eigenvalue weighted by Gasteiger charge is 2.31. The van der Waals surface area contributed by atoms with Crippen LogP contribution in [0.5, 0.6) is 0 Å². The van der Waals surface area contributed by atoms with Crippen LogP contribution in [-0.4, -0.2) is 47.4 Å². The summed E-state index contributed by atoms with van der Waals surface area (Å²) in [6.07, 6.45) is 1.23. The molecule has 6 heteroatoms. The molecule has 1 rings (SSSR count). The Bertz CT molecular complexity index is 375. The van der Waals surface area contributed by atoms with Gasteiger partial charge in [-0.15, -0.1) is 0 Å². The lowest BCUT2D eigenvalue weighted by Crippen LogP contribution is -2.49. The quantitative estimate of drug-likeness (QED) is 0.703. The van der Waals surface area contributed by atoms with E-state index in [4.69, 9.17) is 4.74 Å². The summed E-state index contributed by atoms with van der Waals surface area (Å²) < 4.78 is 5.46. The maximum Gasteiger partial charge on any atom is 0.240 e. The number of carbonyl (C=O) groups excluding carboxylic acids is 3. The first-order valence-electron chi connectivity index (χ1n) is 6.97. The molecular weight excluding hydrogens is 260 g/mol. The Hall–Kier alpha value is -1.43. The lowest BCUT2D eigenvalue weighted by molar-refractivity contribution is -0.142. The number of hydrogen-bond donors (Lipinski definition) is 1. The third kappa shape index (κ3) is 5.28. The molecule has 0 aliphatic carbocycles. The number of nitrogens with zero attached hydrogens (tertiary/aromatic N) is 1. The summed E-state index contributed by atoms with van der Waals surface area (Å²) in [4.78, 5) is 35.8. The van der Waals surface area contributed by atoms with Crippen molar-refractivity contribution in [1.82, 2.24) is 10.2 Å². The van der Waals surface area contributed by atoms with Gasteiger partial charge in [0.15, 0.2) is 0 Å². The van der Waals surface area contributed by atoms with Crippen LogP contribution in [0.1, 0.15) is 47.0 Å². The molecule has 1 heterocycles. The minimum atomic E-state index is -0.433. The molecule has 1 saturated heterocycles. The Morgan fingerprint density at radius 1 is 1.30 bits per heavy atom. The van der Waals surface area contributed by atoms with Crippen LogP contribution in [-0.2, 0) is 19.1 Å². The molecule has 20 heavy (non-hydrogen) atoms. The molecule has 0 aromatic carbocycles. The Morgan fingerprint density at radius 2 is 1.85 bits per heavy atom. The predicted octanol–water partition coefficient (Wildman–Crippen LogP) is 0.845. The summed E-state index contributed by atoms with van der Waals surface area (Å²) >= 11 is 0. The first-order valence-corrected chi connectivity index (χ1v) is 6.97. The SMILES string of the molecule is CC(C)OCCC(C)(C)NC(=O)CN1C(=O)CCC1=O. The van der Waals surface area contributed by atoms with Gasteiger partial charge in [0.05, 0.1) is 6.10 Å². The average molecular weight is 284 g/mol. The van der Waals surface area contributed by atoms with Gasteiger partial charge in [0.1, 0.15) is 6.54 Å². The molecule has 0 aromatic rings. The highest BCUT2D eigenvalue weighted by atomic mass is 16.5. The third-order valence-corrected chi connectivity index (χ3v) is 3.11. The third-order valence-electron chi connectivity index (χ3n) is 3.11. The Balaban J connectivity index is 2.40. The van der Waals surface area contributed by atoms with E-state index in [9.17, 15) is 14.4 Å². The lowest BCUT2D eigenvalue weighted by atomic mass is 10.0. The zero-order chi connectivity index (χ0) is 15.3. The van der Waals surface area contributed by atoms with Gasteiger partial charge in [-0.25, -0.2) is 0 Å². The molecule has 0 aromatic heterocycles. The number of likely N-dealkylation sites (tertiary alicyclic amines) is 1. The van der Waals surface area contributed by atoms with E-state index in [1.807, 2.05) is 27.7 Å². The van der Waals surface area contributed by atoms with Gasteiger partial charge >= 0.3 is 0 Å². The summed E-state index contributed by atoms with van der Waals surface area (Å²) in [7, 11) is 0. The van der Waals surface area contributed by atoms with Crippen molar-refractivity contribution in [3.8, 4) is 0 Å². The molecule has 0 unspecified atom stereocenters. The Labute approximate surface area is 119 Å². The summed E-state index contributed by atoms with van der Waals surface area (Å²) in [5.74, 6) is -0.861. The van der Waals surface area contributed by atoms with Crippen LogP contribution in [0.25, 0.3) is 0 Å². The second-order valence-electron chi connectivity index (χ2n) is 5.98. The highest BCUT2D eigenvalue weighted by molar-refractivity contribution is 6.04. The second kappa shape index (κ2) is 6.83. The van der Waals surface area contributed by atoms with Crippen molar-refractivity contribution in [1.29, 1.82) is 0 Å². The van der Waals surface area contributed by atoms with Gasteiger partial charge in [-0.1, -0.05) is 0 Å². The average Bonchev–Trinajstić information content (AvgIpc) is 2.59. The fourth-order valence-electron chi connectivity index (χ4n) is 1.97. The molecule has 0 bridgehead atoms. The lowest BCUT2D eigenvalue weighted by Gasteiger charge is -2.27. The fourth-order valence-corrected chi connectivity index (χ4v) is 1.97. The summed E-state index contributed by atoms with van der Waals surface area (Å²) in [6, 6.07) is 0. The Kier molecular flexibility index (Phi) is 5.68. The zero-order valence-electron chi connectivity index (χ0n) is 12.7. The van der Waals surface area contributed by atoms with Crippen molar-refractivity contribution in [2.24, 2.45) is 0 Å². The monoisotopic (exact) mass is 284 g/mol. The van der Waals surface area contributed by atoms with Gasteiger partial charge in [-0.3, -0.25) is 19.3 Å². The predicted molar refractivity (Wildman–Crippen MR) is 73.9 cm³/mol. The number of nitrogens with one attached hydrogen (secondary N) is 1. The van der Waals surface area contributed by atoms with E-state index >= 15 is 0 Å². The van der Waals surface area contributed by atoms with Crippen LogP contribution in [0.4, 0.5) is 0 Å². The minimum absolute atomic E-state index is 0.154. The standard InChI is InChI=1S/C14H24N2O4/c1-10(2)20-8-7-14(3,4)15-11(17)9-16-12(18)5-6-13(16)19/h10H,5-9H2,1-4H3,(H,15,17). The number of amides is 3. The number of imide groups is 1. The van der Waals surface area contributed by atoms with Crippen molar-refractivity contribution in [2.75, 3.05) is 13.2 Å². The van der Waals surface area contributed by atoms with E-state index in [1.165, 1.54) is 0 Å². The molecule has 1 aliphatic rings. The number of rotatable bonds is 7. The van der Waals surface area contributed by atoms with Gasteiger partial charge in [0.25, 0.3) is 0 Å². The summed E-state index contributed by atoms with van der Waals surface area (Å²) in [5, 5.41) is 2.83. The van der Waals surface area contributed by atoms with Crippen molar-refractivity contribution >= 4 is 17.7 Å². The van der Waals surface area contributed by atoms with Gasteiger partial charge < -0.3 is 10.1 Å². The molecular formula is C14H24N2O4. The number of ether oxygens (including phenoxy) is 1. The van der Waals surface area contributed by atoms with E-state index < -0.39 is 5.54 Å². The fraction of sp³-hybridized carbons (Fsp3) is 0.786. The van der Waals surface area contributed by atoms with Crippen LogP contribution in [0.3, 0.4) is 0 Å². The second-order valence-corrected chi connectivity index (χ2v) is 5.98. The smallest absolute Gasteiger partial charge is 0.240 e. The van der Waals surface area contributed by atoms with Crippen LogP contribution < -0.4 is 5.32 Å². The molecule has 3 amide bonds. The minimum Gasteiger partial charge on any atom is -0.379 e. The first kappa shape index (κ1) is 16.6. The molecule has 1 fully saturated rings. The van der Waals surface area contributed by atoms with E-state index in [0.29, 0.717) is 13.0 Å². The molecule has 0 saturated carbocycles. The summed E-state index contributed by atoms with van der Waals surface area (Å²) in [6.45, 7) is 8.05. The first-order chi connectivity index (χ1) is 9.21. The van der Waals surface area contributed by atoms with E-state index in [1.54, 1.807) is 0 Å². The molecule has 1 aliphatic heterocycles. The maximum atomic E-state index is 11.9. The van der Waals surface area contributed by atoms with Crippen LogP contribution >= 0.6 is 0 Å². The van der Waals surface area contributed by atoms with Gasteiger partial charge in [0, 0.05) is 25.0 Å². The highest BCUT2D eigenvalue weighted by Crippen LogP contribution is 2.13. The van der Waals surface area contributed by atoms with E-state index in [-0.39, 0.29) is 43.2 Å². The largest absolute Gasteiger partial charge is 0.379 e. The van der Waals surface area contributed by atoms with Gasteiger partial charge in [0.2, 0.25) is 17.7 Å². The van der Waals surface area contributed by atoms with Crippen LogP contribution in [0.2, 0.25) is 0 Å². The van der Waals surface area contributed by atoms with E-state index in [2.05, 4.69) is 5.32 Å².